The Hall–Kier alpha value is -0.0800. The van der Waals surface area contributed by atoms with Crippen LogP contribution in [0.3, 0.4) is 0 Å². The summed E-state index contributed by atoms with van der Waals surface area (Å²) in [5.74, 6) is 0. The summed E-state index contributed by atoms with van der Waals surface area (Å²) in [4.78, 5) is 2.55. The zero-order valence-electron chi connectivity index (χ0n) is 12.2. The molecular weight excluding hydrogens is 196 g/mol. The van der Waals surface area contributed by atoms with Crippen LogP contribution >= 0.6 is 0 Å². The zero-order valence-corrected chi connectivity index (χ0v) is 12.2. The van der Waals surface area contributed by atoms with Gasteiger partial charge >= 0.3 is 0 Å². The van der Waals surface area contributed by atoms with Crippen LogP contribution < -0.4 is 5.32 Å². The third-order valence-corrected chi connectivity index (χ3v) is 3.56. The number of hydrogen-bond acceptors (Lipinski definition) is 2. The standard InChI is InChI=1S/C14H32N2/c1-7-14(8-2)16(6)13(5)10-9-11-15-12(3)4/h12-15H,7-11H2,1-6H3. The molecule has 2 heteroatoms. The molecule has 98 valence electrons. The fourth-order valence-electron chi connectivity index (χ4n) is 2.22. The van der Waals surface area contributed by atoms with E-state index in [2.05, 4.69) is 51.9 Å². The summed E-state index contributed by atoms with van der Waals surface area (Å²) in [5, 5.41) is 3.48. The summed E-state index contributed by atoms with van der Waals surface area (Å²) < 4.78 is 0. The van der Waals surface area contributed by atoms with Crippen LogP contribution in [-0.2, 0) is 0 Å². The molecule has 0 saturated carbocycles. The second kappa shape index (κ2) is 9.00. The van der Waals surface area contributed by atoms with E-state index in [1.54, 1.807) is 0 Å². The molecule has 0 bridgehead atoms. The van der Waals surface area contributed by atoms with Crippen LogP contribution in [0, 0.1) is 0 Å². The molecule has 0 heterocycles. The van der Waals surface area contributed by atoms with Crippen molar-refractivity contribution in [1.29, 1.82) is 0 Å². The van der Waals surface area contributed by atoms with E-state index in [-0.39, 0.29) is 0 Å². The van der Waals surface area contributed by atoms with Gasteiger partial charge in [0.25, 0.3) is 0 Å². The lowest BCUT2D eigenvalue weighted by molar-refractivity contribution is 0.164. The molecule has 1 unspecified atom stereocenters. The minimum absolute atomic E-state index is 0.618. The van der Waals surface area contributed by atoms with Crippen molar-refractivity contribution in [1.82, 2.24) is 10.2 Å². The normalized spacial score (nSPS) is 14.1. The highest BCUT2D eigenvalue weighted by Crippen LogP contribution is 2.13. The van der Waals surface area contributed by atoms with Gasteiger partial charge in [0.1, 0.15) is 0 Å². The highest BCUT2D eigenvalue weighted by atomic mass is 15.1. The number of rotatable bonds is 9. The fraction of sp³-hybridized carbons (Fsp3) is 1.00. The smallest absolute Gasteiger partial charge is 0.00897 e. The Morgan fingerprint density at radius 1 is 1.06 bits per heavy atom. The maximum Gasteiger partial charge on any atom is 0.00897 e. The summed E-state index contributed by atoms with van der Waals surface area (Å²) in [5.41, 5.74) is 0. The molecule has 0 radical (unpaired) electrons. The summed E-state index contributed by atoms with van der Waals surface area (Å²) in [7, 11) is 2.28. The molecule has 1 atom stereocenters. The average molecular weight is 228 g/mol. The molecule has 0 spiro atoms. The molecule has 0 aromatic rings. The molecule has 0 aromatic carbocycles. The van der Waals surface area contributed by atoms with Gasteiger partial charge in [-0.3, -0.25) is 0 Å². The molecule has 0 fully saturated rings. The quantitative estimate of drug-likeness (QED) is 0.609. The summed E-state index contributed by atoms with van der Waals surface area (Å²) >= 11 is 0. The van der Waals surface area contributed by atoms with Crippen molar-refractivity contribution in [2.45, 2.75) is 78.4 Å². The highest BCUT2D eigenvalue weighted by molar-refractivity contribution is 4.72. The molecule has 1 N–H and O–H groups in total. The zero-order chi connectivity index (χ0) is 12.6. The second-order valence-electron chi connectivity index (χ2n) is 5.24. The Kier molecular flexibility index (Phi) is 8.96. The SMILES string of the molecule is CCC(CC)N(C)C(C)CCCNC(C)C. The van der Waals surface area contributed by atoms with E-state index >= 15 is 0 Å². The first-order valence-corrected chi connectivity index (χ1v) is 6.98. The molecular formula is C14H32N2. The molecule has 0 amide bonds. The first-order valence-electron chi connectivity index (χ1n) is 6.98. The first kappa shape index (κ1) is 15.9. The second-order valence-corrected chi connectivity index (χ2v) is 5.24. The summed E-state index contributed by atoms with van der Waals surface area (Å²) in [6.07, 6.45) is 5.11. The predicted octanol–water partition coefficient (Wildman–Crippen LogP) is 3.27. The van der Waals surface area contributed by atoms with Crippen LogP contribution in [0.2, 0.25) is 0 Å². The van der Waals surface area contributed by atoms with Crippen LogP contribution in [0.5, 0.6) is 0 Å². The minimum atomic E-state index is 0.618. The van der Waals surface area contributed by atoms with Gasteiger partial charge in [-0.05, 0) is 46.2 Å². The molecule has 0 aliphatic heterocycles. The van der Waals surface area contributed by atoms with Gasteiger partial charge in [-0.25, -0.2) is 0 Å². The molecule has 0 aromatic heterocycles. The van der Waals surface area contributed by atoms with Gasteiger partial charge in [-0.15, -0.1) is 0 Å². The minimum Gasteiger partial charge on any atom is -0.315 e. The van der Waals surface area contributed by atoms with Gasteiger partial charge in [0, 0.05) is 18.1 Å². The molecule has 2 nitrogen and oxygen atoms in total. The monoisotopic (exact) mass is 228 g/mol. The fourth-order valence-corrected chi connectivity index (χ4v) is 2.22. The van der Waals surface area contributed by atoms with E-state index in [1.165, 1.54) is 25.7 Å². The van der Waals surface area contributed by atoms with E-state index in [4.69, 9.17) is 0 Å². The Labute approximate surface area is 103 Å². The van der Waals surface area contributed by atoms with Gasteiger partial charge < -0.3 is 10.2 Å². The average Bonchev–Trinajstić information content (AvgIpc) is 2.25. The Balaban J connectivity index is 3.73. The van der Waals surface area contributed by atoms with Crippen LogP contribution in [0.4, 0.5) is 0 Å². The number of nitrogens with zero attached hydrogens (tertiary/aromatic N) is 1. The van der Waals surface area contributed by atoms with E-state index in [1.807, 2.05) is 0 Å². The molecule has 16 heavy (non-hydrogen) atoms. The van der Waals surface area contributed by atoms with Crippen molar-refractivity contribution < 1.29 is 0 Å². The van der Waals surface area contributed by atoms with Crippen molar-refractivity contribution in [3.63, 3.8) is 0 Å². The van der Waals surface area contributed by atoms with Crippen molar-refractivity contribution in [3.05, 3.63) is 0 Å². The molecule has 0 saturated heterocycles. The lowest BCUT2D eigenvalue weighted by Gasteiger charge is -2.32. The van der Waals surface area contributed by atoms with Crippen molar-refractivity contribution in [3.8, 4) is 0 Å². The summed E-state index contributed by atoms with van der Waals surface area (Å²) in [6.45, 7) is 12.5. The Morgan fingerprint density at radius 2 is 1.62 bits per heavy atom. The van der Waals surface area contributed by atoms with E-state index in [0.717, 1.165) is 12.6 Å². The van der Waals surface area contributed by atoms with Crippen LogP contribution in [0.25, 0.3) is 0 Å². The molecule has 0 rings (SSSR count). The van der Waals surface area contributed by atoms with Crippen LogP contribution in [0.1, 0.15) is 60.3 Å². The largest absolute Gasteiger partial charge is 0.315 e. The lowest BCUT2D eigenvalue weighted by Crippen LogP contribution is -2.38. The van der Waals surface area contributed by atoms with Gasteiger partial charge in [-0.2, -0.15) is 0 Å². The van der Waals surface area contributed by atoms with Gasteiger partial charge in [0.15, 0.2) is 0 Å². The van der Waals surface area contributed by atoms with Gasteiger partial charge in [0.05, 0.1) is 0 Å². The third kappa shape index (κ3) is 6.49. The van der Waals surface area contributed by atoms with Crippen molar-refractivity contribution in [2.75, 3.05) is 13.6 Å². The summed E-state index contributed by atoms with van der Waals surface area (Å²) in [6, 6.07) is 2.08. The lowest BCUT2D eigenvalue weighted by atomic mass is 10.1. The van der Waals surface area contributed by atoms with Gasteiger partial charge in [-0.1, -0.05) is 27.7 Å². The van der Waals surface area contributed by atoms with Gasteiger partial charge in [0.2, 0.25) is 0 Å². The topological polar surface area (TPSA) is 15.3 Å². The maximum absolute atomic E-state index is 3.48. The van der Waals surface area contributed by atoms with Crippen LogP contribution in [-0.4, -0.2) is 36.6 Å². The molecule has 0 aliphatic rings. The third-order valence-electron chi connectivity index (χ3n) is 3.56. The van der Waals surface area contributed by atoms with E-state index < -0.39 is 0 Å². The van der Waals surface area contributed by atoms with Crippen molar-refractivity contribution in [2.24, 2.45) is 0 Å². The van der Waals surface area contributed by atoms with E-state index in [0.29, 0.717) is 12.1 Å². The first-order chi connectivity index (χ1) is 7.52. The van der Waals surface area contributed by atoms with Crippen molar-refractivity contribution >= 4 is 0 Å². The van der Waals surface area contributed by atoms with E-state index in [9.17, 15) is 0 Å². The number of hydrogen-bond donors (Lipinski definition) is 1. The Bertz CT molecular complexity index is 153. The van der Waals surface area contributed by atoms with Crippen LogP contribution in [0.15, 0.2) is 0 Å². The maximum atomic E-state index is 3.48. The Morgan fingerprint density at radius 3 is 2.06 bits per heavy atom. The highest BCUT2D eigenvalue weighted by Gasteiger charge is 2.15. The molecule has 0 aliphatic carbocycles. The predicted molar refractivity (Wildman–Crippen MR) is 74.0 cm³/mol. The number of nitrogens with one attached hydrogen (secondary N) is 1.